The van der Waals surface area contributed by atoms with Gasteiger partial charge in [-0.2, -0.15) is 0 Å². The molecule has 2 aromatic rings. The third kappa shape index (κ3) is 3.24. The van der Waals surface area contributed by atoms with Crippen molar-refractivity contribution in [3.05, 3.63) is 59.1 Å². The molecule has 0 amide bonds. The monoisotopic (exact) mass is 288 g/mol. The minimum atomic E-state index is -0.342. The Morgan fingerprint density at radius 2 is 2.15 bits per heavy atom. The van der Waals surface area contributed by atoms with Crippen LogP contribution in [0, 0.1) is 0 Å². The second-order valence-corrected chi connectivity index (χ2v) is 4.96. The number of esters is 1. The first-order valence-electron chi connectivity index (χ1n) is 6.21. The van der Waals surface area contributed by atoms with Gasteiger partial charge in [-0.25, -0.2) is 9.78 Å². The molecule has 4 nitrogen and oxygen atoms in total. The third-order valence-electron chi connectivity index (χ3n) is 2.88. The highest BCUT2D eigenvalue weighted by Gasteiger charge is 2.23. The first kappa shape index (κ1) is 14.3. The number of ether oxygens (including phenoxy) is 1. The molecule has 20 heavy (non-hydrogen) atoms. The van der Waals surface area contributed by atoms with E-state index in [1.165, 1.54) is 18.4 Å². The molecule has 1 atom stereocenters. The summed E-state index contributed by atoms with van der Waals surface area (Å²) in [5, 5.41) is 5.93. The van der Waals surface area contributed by atoms with E-state index >= 15 is 0 Å². The zero-order valence-electron chi connectivity index (χ0n) is 11.4. The smallest absolute Gasteiger partial charge is 0.335 e. The maximum Gasteiger partial charge on any atom is 0.335 e. The lowest BCUT2D eigenvalue weighted by molar-refractivity contribution is -0.136. The van der Waals surface area contributed by atoms with E-state index in [1.54, 1.807) is 12.3 Å². The number of benzene rings is 1. The Labute approximate surface area is 122 Å². The Bertz CT molecular complexity index is 579. The van der Waals surface area contributed by atoms with Crippen LogP contribution in [0.3, 0.4) is 0 Å². The normalized spacial score (nSPS) is 12.8. The van der Waals surface area contributed by atoms with Gasteiger partial charge in [0.1, 0.15) is 0 Å². The number of nitrogens with one attached hydrogen (secondary N) is 1. The Morgan fingerprint density at radius 1 is 1.40 bits per heavy atom. The molecular formula is C15H16N2O2S. The fourth-order valence-electron chi connectivity index (χ4n) is 1.92. The molecule has 0 saturated carbocycles. The van der Waals surface area contributed by atoms with E-state index in [0.29, 0.717) is 5.57 Å². The van der Waals surface area contributed by atoms with Gasteiger partial charge in [-0.3, -0.25) is 0 Å². The van der Waals surface area contributed by atoms with Gasteiger partial charge in [0.15, 0.2) is 5.13 Å². The lowest BCUT2D eigenvalue weighted by Gasteiger charge is -2.20. The largest absolute Gasteiger partial charge is 0.466 e. The molecule has 1 heterocycles. The molecule has 0 saturated heterocycles. The molecule has 104 valence electrons. The summed E-state index contributed by atoms with van der Waals surface area (Å²) < 4.78 is 4.86. The molecule has 1 aromatic heterocycles. The predicted molar refractivity (Wildman–Crippen MR) is 80.7 cm³/mol. The van der Waals surface area contributed by atoms with Gasteiger partial charge < -0.3 is 10.1 Å². The number of carbonyl (C=O) groups excluding carboxylic acids is 1. The first-order chi connectivity index (χ1) is 9.76. The number of allylic oxidation sites excluding steroid dienone is 1. The van der Waals surface area contributed by atoms with Crippen molar-refractivity contribution in [2.24, 2.45) is 0 Å². The molecule has 0 radical (unpaired) electrons. The number of anilines is 1. The van der Waals surface area contributed by atoms with E-state index in [2.05, 4.69) is 10.3 Å². The lowest BCUT2D eigenvalue weighted by atomic mass is 9.98. The van der Waals surface area contributed by atoms with Crippen LogP contribution in [0.4, 0.5) is 5.13 Å². The van der Waals surface area contributed by atoms with Crippen LogP contribution in [0.2, 0.25) is 0 Å². The molecule has 0 spiro atoms. The van der Waals surface area contributed by atoms with Crippen molar-refractivity contribution < 1.29 is 9.53 Å². The van der Waals surface area contributed by atoms with E-state index < -0.39 is 0 Å². The summed E-state index contributed by atoms with van der Waals surface area (Å²) in [6, 6.07) is 9.49. The van der Waals surface area contributed by atoms with Crippen molar-refractivity contribution in [2.75, 3.05) is 12.4 Å². The maximum atomic E-state index is 11.9. The number of hydrogen-bond acceptors (Lipinski definition) is 5. The molecule has 2 rings (SSSR count). The Hall–Kier alpha value is -2.14. The maximum absolute atomic E-state index is 11.9. The molecule has 0 aliphatic carbocycles. The van der Waals surface area contributed by atoms with Crippen LogP contribution in [0.25, 0.3) is 0 Å². The molecule has 0 aliphatic rings. The van der Waals surface area contributed by atoms with Crippen LogP contribution >= 0.6 is 11.3 Å². The second-order valence-electron chi connectivity index (χ2n) is 4.06. The summed E-state index contributed by atoms with van der Waals surface area (Å²) in [5.41, 5.74) is 1.55. The van der Waals surface area contributed by atoms with Crippen molar-refractivity contribution in [2.45, 2.75) is 13.0 Å². The molecule has 5 heteroatoms. The van der Waals surface area contributed by atoms with Crippen LogP contribution in [-0.2, 0) is 9.53 Å². The number of hydrogen-bond donors (Lipinski definition) is 1. The van der Waals surface area contributed by atoms with E-state index in [4.69, 9.17) is 4.74 Å². The minimum absolute atomic E-state index is 0.278. The van der Waals surface area contributed by atoms with Crippen molar-refractivity contribution in [3.8, 4) is 0 Å². The molecular weight excluding hydrogens is 272 g/mol. The summed E-state index contributed by atoms with van der Waals surface area (Å²) in [6.07, 6.45) is 3.49. The Kier molecular flexibility index (Phi) is 4.90. The van der Waals surface area contributed by atoms with Crippen molar-refractivity contribution in [1.29, 1.82) is 0 Å². The van der Waals surface area contributed by atoms with Gasteiger partial charge in [0.25, 0.3) is 0 Å². The topological polar surface area (TPSA) is 51.2 Å². The highest BCUT2D eigenvalue weighted by molar-refractivity contribution is 7.13. The minimum Gasteiger partial charge on any atom is -0.466 e. The number of methoxy groups -OCH3 is 1. The SMILES string of the molecule is C/C=C(/C(=O)OC)C(Nc1nccs1)c1ccccc1. The third-order valence-corrected chi connectivity index (χ3v) is 3.58. The number of thiazole rings is 1. The first-order valence-corrected chi connectivity index (χ1v) is 7.09. The highest BCUT2D eigenvalue weighted by Crippen LogP contribution is 2.28. The lowest BCUT2D eigenvalue weighted by Crippen LogP contribution is -2.20. The standard InChI is InChI=1S/C15H16N2O2S/c1-3-12(14(18)19-2)13(11-7-5-4-6-8-11)17-15-16-9-10-20-15/h3-10,13H,1-2H3,(H,16,17)/b12-3+. The summed E-state index contributed by atoms with van der Waals surface area (Å²) in [7, 11) is 1.39. The Balaban J connectivity index is 2.36. The van der Waals surface area contributed by atoms with E-state index in [9.17, 15) is 4.79 Å². The van der Waals surface area contributed by atoms with Crippen LogP contribution in [0.5, 0.6) is 0 Å². The summed E-state index contributed by atoms with van der Waals surface area (Å²) in [6.45, 7) is 1.83. The van der Waals surface area contributed by atoms with Gasteiger partial charge in [-0.05, 0) is 12.5 Å². The van der Waals surface area contributed by atoms with Crippen molar-refractivity contribution in [3.63, 3.8) is 0 Å². The van der Waals surface area contributed by atoms with E-state index in [1.807, 2.05) is 42.6 Å². The number of carbonyl (C=O) groups is 1. The zero-order valence-corrected chi connectivity index (χ0v) is 12.2. The zero-order chi connectivity index (χ0) is 14.4. The quantitative estimate of drug-likeness (QED) is 0.676. The van der Waals surface area contributed by atoms with Crippen LogP contribution in [-0.4, -0.2) is 18.1 Å². The molecule has 1 N–H and O–H groups in total. The fourth-order valence-corrected chi connectivity index (χ4v) is 2.48. The number of aromatic nitrogens is 1. The van der Waals surface area contributed by atoms with Gasteiger partial charge in [0, 0.05) is 11.6 Å². The molecule has 0 bridgehead atoms. The fraction of sp³-hybridized carbons (Fsp3) is 0.200. The number of nitrogens with zero attached hydrogens (tertiary/aromatic N) is 1. The van der Waals surface area contributed by atoms with E-state index in [0.717, 1.165) is 10.7 Å². The van der Waals surface area contributed by atoms with Gasteiger partial charge in [0.2, 0.25) is 0 Å². The highest BCUT2D eigenvalue weighted by atomic mass is 32.1. The molecule has 0 aliphatic heterocycles. The summed E-state index contributed by atoms with van der Waals surface area (Å²) in [5.74, 6) is -0.342. The molecule has 1 aromatic carbocycles. The second kappa shape index (κ2) is 6.86. The molecule has 0 fully saturated rings. The summed E-state index contributed by atoms with van der Waals surface area (Å²) >= 11 is 1.49. The average molecular weight is 288 g/mol. The van der Waals surface area contributed by atoms with Crippen LogP contribution < -0.4 is 5.32 Å². The van der Waals surface area contributed by atoms with Gasteiger partial charge >= 0.3 is 5.97 Å². The number of rotatable bonds is 5. The van der Waals surface area contributed by atoms with Crippen molar-refractivity contribution in [1.82, 2.24) is 4.98 Å². The summed E-state index contributed by atoms with van der Waals surface area (Å²) in [4.78, 5) is 16.2. The van der Waals surface area contributed by atoms with Crippen molar-refractivity contribution >= 4 is 22.4 Å². The van der Waals surface area contributed by atoms with Gasteiger partial charge in [-0.15, -0.1) is 11.3 Å². The van der Waals surface area contributed by atoms with Gasteiger partial charge in [-0.1, -0.05) is 36.4 Å². The average Bonchev–Trinajstić information content (AvgIpc) is 3.00. The van der Waals surface area contributed by atoms with Gasteiger partial charge in [0.05, 0.1) is 18.7 Å². The Morgan fingerprint density at radius 3 is 2.70 bits per heavy atom. The van der Waals surface area contributed by atoms with E-state index in [-0.39, 0.29) is 12.0 Å². The van der Waals surface area contributed by atoms with Crippen LogP contribution in [0.1, 0.15) is 18.5 Å². The van der Waals surface area contributed by atoms with Crippen LogP contribution in [0.15, 0.2) is 53.6 Å². The predicted octanol–water partition coefficient (Wildman–Crippen LogP) is 3.42. The molecule has 1 unspecified atom stereocenters.